The predicted octanol–water partition coefficient (Wildman–Crippen LogP) is 3.77. The summed E-state index contributed by atoms with van der Waals surface area (Å²) < 4.78 is 8.42. The van der Waals surface area contributed by atoms with Crippen LogP contribution in [-0.4, -0.2) is 38.8 Å². The fourth-order valence-electron chi connectivity index (χ4n) is 3.28. The Kier molecular flexibility index (Phi) is 5.36. The Morgan fingerprint density at radius 3 is 2.71 bits per heavy atom. The number of aromatic nitrogens is 4. The lowest BCUT2D eigenvalue weighted by Gasteiger charge is -2.20. The molecule has 6 nitrogen and oxygen atoms in total. The van der Waals surface area contributed by atoms with E-state index in [1.54, 1.807) is 11.8 Å². The van der Waals surface area contributed by atoms with Gasteiger partial charge in [-0.05, 0) is 29.8 Å². The summed E-state index contributed by atoms with van der Waals surface area (Å²) in [6.45, 7) is 0.0313. The standard InChI is InChI=1S/C21H19BrN4O2/c1-28-21-18(12-15-11-16(22)7-8-19(15)23-21)20(14-5-3-2-4-6-14)26-13-17(9-10-27)24-25-26/h2-8,11-13,20,27H,9-10H2,1H3. The highest BCUT2D eigenvalue weighted by Crippen LogP contribution is 2.34. The van der Waals surface area contributed by atoms with Crippen LogP contribution in [-0.2, 0) is 6.42 Å². The van der Waals surface area contributed by atoms with Crippen molar-refractivity contribution in [3.63, 3.8) is 0 Å². The molecule has 0 aliphatic carbocycles. The fraction of sp³-hybridized carbons (Fsp3) is 0.190. The quantitative estimate of drug-likeness (QED) is 0.495. The lowest BCUT2D eigenvalue weighted by molar-refractivity contribution is 0.298. The van der Waals surface area contributed by atoms with E-state index in [-0.39, 0.29) is 12.6 Å². The molecule has 0 aliphatic heterocycles. The first kappa shape index (κ1) is 18.6. The third-order valence-corrected chi connectivity index (χ3v) is 5.06. The highest BCUT2D eigenvalue weighted by molar-refractivity contribution is 9.10. The molecule has 0 saturated carbocycles. The minimum absolute atomic E-state index is 0.0313. The van der Waals surface area contributed by atoms with Gasteiger partial charge in [0, 0.05) is 34.6 Å². The fourth-order valence-corrected chi connectivity index (χ4v) is 3.66. The Hall–Kier alpha value is -2.77. The van der Waals surface area contributed by atoms with Crippen LogP contribution < -0.4 is 4.74 Å². The van der Waals surface area contributed by atoms with Gasteiger partial charge in [-0.15, -0.1) is 5.10 Å². The van der Waals surface area contributed by atoms with Crippen molar-refractivity contribution in [1.29, 1.82) is 0 Å². The average molecular weight is 439 g/mol. The average Bonchev–Trinajstić information content (AvgIpc) is 3.17. The number of methoxy groups -OCH3 is 1. The van der Waals surface area contributed by atoms with Gasteiger partial charge in [-0.1, -0.05) is 51.5 Å². The van der Waals surface area contributed by atoms with Crippen LogP contribution in [0.15, 0.2) is 65.3 Å². The maximum absolute atomic E-state index is 9.22. The van der Waals surface area contributed by atoms with E-state index in [0.717, 1.165) is 32.2 Å². The Balaban J connectivity index is 1.92. The van der Waals surface area contributed by atoms with Crippen molar-refractivity contribution in [3.8, 4) is 5.88 Å². The van der Waals surface area contributed by atoms with Crippen LogP contribution in [0.2, 0.25) is 0 Å². The number of aliphatic hydroxyl groups excluding tert-OH is 1. The summed E-state index contributed by atoms with van der Waals surface area (Å²) in [6.07, 6.45) is 2.32. The molecule has 0 fully saturated rings. The normalized spacial score (nSPS) is 12.2. The molecule has 0 bridgehead atoms. The summed E-state index contributed by atoms with van der Waals surface area (Å²) in [6, 6.07) is 17.8. The Morgan fingerprint density at radius 1 is 1.14 bits per heavy atom. The first-order valence-corrected chi connectivity index (χ1v) is 9.69. The molecule has 4 rings (SSSR count). The minimum Gasteiger partial charge on any atom is -0.481 e. The summed E-state index contributed by atoms with van der Waals surface area (Å²) in [5, 5.41) is 18.7. The molecule has 28 heavy (non-hydrogen) atoms. The Morgan fingerprint density at radius 2 is 1.96 bits per heavy atom. The Bertz CT molecular complexity index is 1100. The van der Waals surface area contributed by atoms with Gasteiger partial charge in [0.05, 0.1) is 18.3 Å². The van der Waals surface area contributed by atoms with Crippen molar-refractivity contribution in [3.05, 3.63) is 82.1 Å². The second-order valence-corrected chi connectivity index (χ2v) is 7.32. The van der Waals surface area contributed by atoms with Crippen LogP contribution in [0.3, 0.4) is 0 Å². The van der Waals surface area contributed by atoms with E-state index < -0.39 is 0 Å². The van der Waals surface area contributed by atoms with Gasteiger partial charge in [-0.25, -0.2) is 9.67 Å². The first-order chi connectivity index (χ1) is 13.7. The van der Waals surface area contributed by atoms with Gasteiger partial charge in [-0.3, -0.25) is 0 Å². The topological polar surface area (TPSA) is 73.1 Å². The zero-order chi connectivity index (χ0) is 19.5. The van der Waals surface area contributed by atoms with Crippen LogP contribution >= 0.6 is 15.9 Å². The van der Waals surface area contributed by atoms with E-state index >= 15 is 0 Å². The number of aliphatic hydroxyl groups is 1. The molecule has 1 N–H and O–H groups in total. The van der Waals surface area contributed by atoms with E-state index in [2.05, 4.69) is 32.3 Å². The molecular formula is C21H19BrN4O2. The van der Waals surface area contributed by atoms with E-state index in [0.29, 0.717) is 12.3 Å². The molecule has 2 aromatic carbocycles. The molecule has 7 heteroatoms. The summed E-state index contributed by atoms with van der Waals surface area (Å²) in [4.78, 5) is 4.71. The van der Waals surface area contributed by atoms with Gasteiger partial charge in [0.15, 0.2) is 0 Å². The number of halogens is 1. The molecule has 0 radical (unpaired) electrons. The molecular weight excluding hydrogens is 420 g/mol. The van der Waals surface area contributed by atoms with Gasteiger partial charge in [0.2, 0.25) is 5.88 Å². The first-order valence-electron chi connectivity index (χ1n) is 8.90. The Labute approximate surface area is 170 Å². The van der Waals surface area contributed by atoms with Gasteiger partial charge >= 0.3 is 0 Å². The minimum atomic E-state index is -0.257. The van der Waals surface area contributed by atoms with Crippen LogP contribution in [0.1, 0.15) is 22.9 Å². The smallest absolute Gasteiger partial charge is 0.219 e. The molecule has 0 aliphatic rings. The lowest BCUT2D eigenvalue weighted by atomic mass is 9.98. The second-order valence-electron chi connectivity index (χ2n) is 6.40. The molecule has 4 aromatic rings. The third-order valence-electron chi connectivity index (χ3n) is 4.56. The van der Waals surface area contributed by atoms with Crippen LogP contribution in [0.25, 0.3) is 10.9 Å². The number of hydrogen-bond acceptors (Lipinski definition) is 5. The number of benzene rings is 2. The number of pyridine rings is 1. The van der Waals surface area contributed by atoms with Crippen molar-refractivity contribution in [1.82, 2.24) is 20.0 Å². The molecule has 0 saturated heterocycles. The maximum atomic E-state index is 9.22. The third kappa shape index (κ3) is 3.63. The van der Waals surface area contributed by atoms with E-state index in [1.807, 2.05) is 54.7 Å². The molecule has 2 aromatic heterocycles. The highest BCUT2D eigenvalue weighted by Gasteiger charge is 2.23. The maximum Gasteiger partial charge on any atom is 0.219 e. The van der Waals surface area contributed by atoms with Crippen LogP contribution in [0.4, 0.5) is 0 Å². The summed E-state index contributed by atoms with van der Waals surface area (Å²) >= 11 is 3.53. The molecule has 142 valence electrons. The van der Waals surface area contributed by atoms with Crippen LogP contribution in [0.5, 0.6) is 5.88 Å². The SMILES string of the molecule is COc1nc2ccc(Br)cc2cc1C(c1ccccc1)n1cc(CCO)nn1. The van der Waals surface area contributed by atoms with Gasteiger partial charge in [0.25, 0.3) is 0 Å². The summed E-state index contributed by atoms with van der Waals surface area (Å²) in [7, 11) is 1.62. The number of nitrogens with zero attached hydrogens (tertiary/aromatic N) is 4. The number of hydrogen-bond donors (Lipinski definition) is 1. The zero-order valence-electron chi connectivity index (χ0n) is 15.3. The molecule has 0 amide bonds. The molecule has 1 unspecified atom stereocenters. The molecule has 1 atom stereocenters. The van der Waals surface area contributed by atoms with E-state index in [4.69, 9.17) is 9.72 Å². The van der Waals surface area contributed by atoms with Crippen molar-refractivity contribution < 1.29 is 9.84 Å². The van der Waals surface area contributed by atoms with Crippen molar-refractivity contribution in [2.75, 3.05) is 13.7 Å². The summed E-state index contributed by atoms with van der Waals surface area (Å²) in [5.74, 6) is 0.544. The molecule has 0 spiro atoms. The monoisotopic (exact) mass is 438 g/mol. The van der Waals surface area contributed by atoms with E-state index in [1.165, 1.54) is 0 Å². The van der Waals surface area contributed by atoms with Crippen molar-refractivity contribution in [2.45, 2.75) is 12.5 Å². The number of ether oxygens (including phenoxy) is 1. The van der Waals surface area contributed by atoms with Crippen molar-refractivity contribution in [2.24, 2.45) is 0 Å². The van der Waals surface area contributed by atoms with Crippen molar-refractivity contribution >= 4 is 26.8 Å². The zero-order valence-corrected chi connectivity index (χ0v) is 16.9. The van der Waals surface area contributed by atoms with Gasteiger partial charge in [0.1, 0.15) is 6.04 Å². The predicted molar refractivity (Wildman–Crippen MR) is 110 cm³/mol. The number of fused-ring (bicyclic) bond motifs is 1. The van der Waals surface area contributed by atoms with Gasteiger partial charge < -0.3 is 9.84 Å². The van der Waals surface area contributed by atoms with Gasteiger partial charge in [-0.2, -0.15) is 0 Å². The largest absolute Gasteiger partial charge is 0.481 e. The van der Waals surface area contributed by atoms with E-state index in [9.17, 15) is 5.11 Å². The lowest BCUT2D eigenvalue weighted by Crippen LogP contribution is -2.15. The molecule has 2 heterocycles. The number of rotatable bonds is 6. The van der Waals surface area contributed by atoms with Crippen LogP contribution in [0, 0.1) is 0 Å². The second kappa shape index (κ2) is 8.08. The summed E-state index contributed by atoms with van der Waals surface area (Å²) in [5.41, 5.74) is 3.52. The highest BCUT2D eigenvalue weighted by atomic mass is 79.9.